The Morgan fingerprint density at radius 2 is 1.28 bits per heavy atom. The summed E-state index contributed by atoms with van der Waals surface area (Å²) in [6.07, 6.45) is -26.2. The Morgan fingerprint density at radius 1 is 0.653 bits per heavy atom. The van der Waals surface area contributed by atoms with Gasteiger partial charge in [0.05, 0.1) is 49.8 Å². The third-order valence-corrected chi connectivity index (χ3v) is 20.4. The molecule has 8 aliphatic rings. The van der Waals surface area contributed by atoms with Crippen molar-refractivity contribution in [3.63, 3.8) is 0 Å². The molecule has 8 fully saturated rings. The highest BCUT2D eigenvalue weighted by Crippen LogP contribution is 2.76. The highest BCUT2D eigenvalue weighted by molar-refractivity contribution is 5.22. The highest BCUT2D eigenvalue weighted by atomic mass is 16.8. The molecule has 4 saturated heterocycles. The van der Waals surface area contributed by atoms with Crippen molar-refractivity contribution in [1.82, 2.24) is 0 Å². The lowest BCUT2D eigenvalue weighted by atomic mass is 9.34. The fourth-order valence-electron chi connectivity index (χ4n) is 16.0. The quantitative estimate of drug-likeness (QED) is 0.0691. The molecule has 434 valence electrons. The van der Waals surface area contributed by atoms with Crippen LogP contribution in [0.5, 0.6) is 0 Å². The predicted octanol–water partition coefficient (Wildman–Crippen LogP) is -1.57. The average Bonchev–Trinajstić information content (AvgIpc) is 3.75. The Labute approximate surface area is 439 Å². The van der Waals surface area contributed by atoms with Crippen molar-refractivity contribution in [3.05, 3.63) is 11.6 Å². The molecule has 30 atom stereocenters. The van der Waals surface area contributed by atoms with Gasteiger partial charge in [0.25, 0.3) is 0 Å². The number of rotatable bonds is 14. The number of aliphatic hydroxyl groups excluding tert-OH is 14. The van der Waals surface area contributed by atoms with E-state index in [4.69, 9.17) is 37.9 Å². The van der Waals surface area contributed by atoms with Crippen LogP contribution in [0.1, 0.15) is 114 Å². The molecule has 0 radical (unpaired) electrons. The molecule has 4 saturated carbocycles. The van der Waals surface area contributed by atoms with Crippen molar-refractivity contribution in [3.8, 4) is 0 Å². The summed E-state index contributed by atoms with van der Waals surface area (Å²) in [4.78, 5) is 0. The van der Waals surface area contributed by atoms with E-state index in [9.17, 15) is 71.5 Å². The van der Waals surface area contributed by atoms with E-state index in [2.05, 4.69) is 26.8 Å². The molecule has 0 bridgehead atoms. The summed E-state index contributed by atoms with van der Waals surface area (Å²) in [5.41, 5.74) is -2.80. The second-order valence-corrected chi connectivity index (χ2v) is 25.4. The third kappa shape index (κ3) is 10.5. The molecular weight excluding hydrogens is 989 g/mol. The zero-order valence-corrected chi connectivity index (χ0v) is 44.9. The van der Waals surface area contributed by atoms with Gasteiger partial charge in [-0.3, -0.25) is 0 Å². The minimum Gasteiger partial charge on any atom is -0.394 e. The fraction of sp³-hybridized carbons (Fsp3) is 0.962. The van der Waals surface area contributed by atoms with Crippen molar-refractivity contribution in [2.45, 2.75) is 254 Å². The first kappa shape index (κ1) is 60.0. The number of hydrogen-bond acceptors (Lipinski definition) is 22. The Bertz CT molecular complexity index is 1960. The van der Waals surface area contributed by atoms with Gasteiger partial charge in [-0.05, 0) is 124 Å². The maximum atomic E-state index is 12.9. The Balaban J connectivity index is 1.16. The molecular formula is C53H90O22. The molecule has 0 aromatic carbocycles. The van der Waals surface area contributed by atoms with Gasteiger partial charge in [0.15, 0.2) is 25.2 Å². The molecule has 0 aromatic heterocycles. The van der Waals surface area contributed by atoms with E-state index in [0.717, 1.165) is 5.57 Å². The average molecular weight is 1080 g/mol. The van der Waals surface area contributed by atoms with Crippen molar-refractivity contribution in [2.75, 3.05) is 19.8 Å². The summed E-state index contributed by atoms with van der Waals surface area (Å²) in [7, 11) is 0. The van der Waals surface area contributed by atoms with Gasteiger partial charge in [0, 0.05) is 0 Å². The van der Waals surface area contributed by atoms with Crippen molar-refractivity contribution >= 4 is 0 Å². The number of hydrogen-bond donors (Lipinski definition) is 14. The van der Waals surface area contributed by atoms with Gasteiger partial charge in [-0.25, -0.2) is 0 Å². The Hall–Kier alpha value is -1.14. The van der Waals surface area contributed by atoms with E-state index in [1.807, 2.05) is 34.6 Å². The Morgan fingerprint density at radius 3 is 1.95 bits per heavy atom. The van der Waals surface area contributed by atoms with E-state index in [-0.39, 0.29) is 18.4 Å². The standard InChI is InChI=1S/C53H90O22/c1-22(2)11-10-14-53(9,75-47-42(67)38(63)35(60)28(19-54)72-47)24-12-16-51(7)32(24)25(55)17-30-50(6)15-13-31(57)49(4,5)44(50)27(18-52(30,51)8)71-48-43(74-46-41(66)37(62)33(58)23(3)70-46)39(64)36(61)29(73-48)21-69-45-40(65)34(59)26(56)20-68-45/h11,23-48,54-67H,10,12-21H2,1-9H3/t23-,24-,25+,26+,27-,28+,29+,30+,31-,32-,33-,34-,35+,36+,37+,38-,39-,40+,41+,42+,43+,44-,45-,46-,47-,48+,50+,51+,52+,53-/m0/s1. The van der Waals surface area contributed by atoms with Crippen LogP contribution in [0.4, 0.5) is 0 Å². The maximum absolute atomic E-state index is 12.9. The van der Waals surface area contributed by atoms with Crippen LogP contribution in [0.3, 0.4) is 0 Å². The molecule has 14 N–H and O–H groups in total. The molecule has 22 nitrogen and oxygen atoms in total. The zero-order valence-electron chi connectivity index (χ0n) is 44.9. The lowest BCUT2D eigenvalue weighted by molar-refractivity contribution is -0.385. The van der Waals surface area contributed by atoms with Crippen molar-refractivity contribution in [1.29, 1.82) is 0 Å². The summed E-state index contributed by atoms with van der Waals surface area (Å²) in [6.45, 7) is 16.4. The summed E-state index contributed by atoms with van der Waals surface area (Å²) in [5, 5.41) is 155. The van der Waals surface area contributed by atoms with Gasteiger partial charge in [0.2, 0.25) is 0 Å². The van der Waals surface area contributed by atoms with E-state index in [1.54, 1.807) is 0 Å². The molecule has 4 aliphatic carbocycles. The fourth-order valence-corrected chi connectivity index (χ4v) is 16.0. The van der Waals surface area contributed by atoms with Crippen LogP contribution in [0.15, 0.2) is 11.6 Å². The van der Waals surface area contributed by atoms with Crippen LogP contribution in [-0.2, 0) is 37.9 Å². The molecule has 0 amide bonds. The van der Waals surface area contributed by atoms with Crippen molar-refractivity contribution in [2.24, 2.45) is 45.3 Å². The molecule has 8 rings (SSSR count). The summed E-state index contributed by atoms with van der Waals surface area (Å²) < 4.78 is 50.0. The maximum Gasteiger partial charge on any atom is 0.187 e. The number of fused-ring (bicyclic) bond motifs is 5. The molecule has 4 aliphatic heterocycles. The van der Waals surface area contributed by atoms with Gasteiger partial charge in [-0.1, -0.05) is 46.3 Å². The monoisotopic (exact) mass is 1080 g/mol. The van der Waals surface area contributed by atoms with Crippen LogP contribution in [0, 0.1) is 45.3 Å². The zero-order chi connectivity index (χ0) is 55.2. The van der Waals surface area contributed by atoms with Gasteiger partial charge in [0.1, 0.15) is 85.5 Å². The van der Waals surface area contributed by atoms with Crippen LogP contribution in [0.2, 0.25) is 0 Å². The van der Waals surface area contributed by atoms with E-state index in [0.29, 0.717) is 51.4 Å². The minimum absolute atomic E-state index is 0.149. The van der Waals surface area contributed by atoms with E-state index >= 15 is 0 Å². The predicted molar refractivity (Wildman–Crippen MR) is 260 cm³/mol. The van der Waals surface area contributed by atoms with Gasteiger partial charge in [-0.2, -0.15) is 0 Å². The normalized spacial score (nSPS) is 53.7. The van der Waals surface area contributed by atoms with Crippen LogP contribution < -0.4 is 0 Å². The minimum atomic E-state index is -1.85. The summed E-state index contributed by atoms with van der Waals surface area (Å²) in [5.74, 6) is -1.37. The molecule has 4 heterocycles. The number of aliphatic hydroxyl groups is 14. The summed E-state index contributed by atoms with van der Waals surface area (Å²) in [6, 6.07) is 0. The van der Waals surface area contributed by atoms with E-state index < -0.39 is 187 Å². The number of ether oxygens (including phenoxy) is 8. The van der Waals surface area contributed by atoms with E-state index in [1.165, 1.54) is 6.92 Å². The lowest BCUT2D eigenvalue weighted by Crippen LogP contribution is -2.71. The second-order valence-electron chi connectivity index (χ2n) is 25.4. The number of allylic oxidation sites excluding steroid dienone is 2. The molecule has 0 unspecified atom stereocenters. The van der Waals surface area contributed by atoms with Gasteiger partial charge < -0.3 is 109 Å². The van der Waals surface area contributed by atoms with Gasteiger partial charge in [-0.15, -0.1) is 0 Å². The first-order valence-corrected chi connectivity index (χ1v) is 27.2. The molecule has 22 heteroatoms. The lowest BCUT2D eigenvalue weighted by Gasteiger charge is -2.72. The third-order valence-electron chi connectivity index (χ3n) is 20.4. The van der Waals surface area contributed by atoms with Crippen LogP contribution in [0.25, 0.3) is 0 Å². The topological polar surface area (TPSA) is 357 Å². The first-order chi connectivity index (χ1) is 35.0. The summed E-state index contributed by atoms with van der Waals surface area (Å²) >= 11 is 0. The SMILES string of the molecule is CC(C)=CCC[C@](C)(O[C@@H]1O[C@H](CO)[C@@H](O)[C@H](O)[C@H]1O)[C@H]1CC[C@]2(C)[C@@H]1[C@H](O)C[C@@H]1[C@@]3(C)CC[C@H](O)C(C)(C)[C@@H]3[C@@H](O[C@@H]3O[C@H](CO[C@@H]4OC[C@@H](O)[C@H](O)[C@H]4O)[C@@H](O)[C@H](O)[C@H]3O[C@@H]3O[C@@H](C)[C@H](O)[C@@H](O)[C@H]3O)C[C@]12C. The molecule has 0 aromatic rings. The largest absolute Gasteiger partial charge is 0.394 e. The van der Waals surface area contributed by atoms with Crippen molar-refractivity contribution < 1.29 is 109 Å². The van der Waals surface area contributed by atoms with Crippen LogP contribution in [-0.4, -0.2) is 232 Å². The van der Waals surface area contributed by atoms with Gasteiger partial charge >= 0.3 is 0 Å². The van der Waals surface area contributed by atoms with Crippen LogP contribution >= 0.6 is 0 Å². The first-order valence-electron chi connectivity index (χ1n) is 27.2. The molecule has 0 spiro atoms. The Kier molecular flexibility index (Phi) is 17.8. The smallest absolute Gasteiger partial charge is 0.187 e. The molecule has 75 heavy (non-hydrogen) atoms. The highest BCUT2D eigenvalue weighted by Gasteiger charge is 2.74. The second kappa shape index (κ2) is 22.3.